The lowest BCUT2D eigenvalue weighted by molar-refractivity contribution is 0.312. The van der Waals surface area contributed by atoms with Gasteiger partial charge in [0, 0.05) is 25.5 Å². The van der Waals surface area contributed by atoms with Crippen molar-refractivity contribution in [1.29, 1.82) is 0 Å². The summed E-state index contributed by atoms with van der Waals surface area (Å²) in [6, 6.07) is 6.68. The molecule has 0 aliphatic carbocycles. The van der Waals surface area contributed by atoms with Gasteiger partial charge in [0.15, 0.2) is 0 Å². The van der Waals surface area contributed by atoms with Crippen molar-refractivity contribution in [3.8, 4) is 0 Å². The lowest BCUT2D eigenvalue weighted by Gasteiger charge is -2.22. The zero-order valence-corrected chi connectivity index (χ0v) is 13.0. The molecule has 0 amide bonds. The first kappa shape index (κ1) is 15.7. The van der Waals surface area contributed by atoms with E-state index < -0.39 is 10.0 Å². The molecule has 0 unspecified atom stereocenters. The van der Waals surface area contributed by atoms with Gasteiger partial charge in [0.05, 0.1) is 12.8 Å². The Bertz CT molecular complexity index is 639. The number of sulfonamides is 1. The Labute approximate surface area is 125 Å². The molecule has 0 fully saturated rings. The molecule has 2 rings (SSSR count). The molecule has 0 bridgehead atoms. The normalized spacial score (nSPS) is 12.2. The summed E-state index contributed by atoms with van der Waals surface area (Å²) in [5.41, 5.74) is 0. The van der Waals surface area contributed by atoms with Crippen LogP contribution >= 0.6 is 0 Å². The number of nitrogens with zero attached hydrogens (tertiary/aromatic N) is 3. The number of hydrogen-bond donors (Lipinski definition) is 0. The van der Waals surface area contributed by atoms with Crippen LogP contribution in [-0.2, 0) is 16.6 Å². The summed E-state index contributed by atoms with van der Waals surface area (Å²) < 4.78 is 32.1. The largest absolute Gasteiger partial charge is 0.468 e. The van der Waals surface area contributed by atoms with Crippen molar-refractivity contribution < 1.29 is 12.8 Å². The van der Waals surface area contributed by atoms with E-state index in [0.29, 0.717) is 18.8 Å². The van der Waals surface area contributed by atoms with Gasteiger partial charge < -0.3 is 9.32 Å². The van der Waals surface area contributed by atoms with E-state index in [0.717, 1.165) is 0 Å². The average molecular weight is 309 g/mol. The minimum atomic E-state index is -3.59. The second-order valence-electron chi connectivity index (χ2n) is 4.91. The first-order valence-electron chi connectivity index (χ1n) is 6.57. The standard InChI is InChI=1S/C14H19N3O3S/c1-16(2)8-9-17(12-13-5-4-10-20-13)21(18,19)14-6-3-7-15-11-14/h3-7,10-11H,8-9,12H2,1-2H3. The number of rotatable bonds is 7. The van der Waals surface area contributed by atoms with Gasteiger partial charge in [-0.05, 0) is 38.4 Å². The lowest BCUT2D eigenvalue weighted by atomic mass is 10.4. The summed E-state index contributed by atoms with van der Waals surface area (Å²) in [6.45, 7) is 1.21. The van der Waals surface area contributed by atoms with Crippen molar-refractivity contribution >= 4 is 10.0 Å². The molecule has 0 aromatic carbocycles. The predicted octanol–water partition coefficient (Wildman–Crippen LogP) is 1.43. The summed E-state index contributed by atoms with van der Waals surface area (Å²) >= 11 is 0. The Hall–Kier alpha value is -1.70. The molecule has 0 atom stereocenters. The van der Waals surface area contributed by atoms with Crippen LogP contribution in [0.2, 0.25) is 0 Å². The van der Waals surface area contributed by atoms with Gasteiger partial charge in [-0.2, -0.15) is 4.31 Å². The summed E-state index contributed by atoms with van der Waals surface area (Å²) in [6.07, 6.45) is 4.45. The van der Waals surface area contributed by atoms with Gasteiger partial charge in [-0.1, -0.05) is 0 Å². The Morgan fingerprint density at radius 1 is 1.19 bits per heavy atom. The molecule has 0 aliphatic heterocycles. The second-order valence-corrected chi connectivity index (χ2v) is 6.85. The van der Waals surface area contributed by atoms with Crippen molar-refractivity contribution in [3.63, 3.8) is 0 Å². The Kier molecular flexibility index (Phi) is 5.11. The number of pyridine rings is 1. The Morgan fingerprint density at radius 2 is 2.00 bits per heavy atom. The SMILES string of the molecule is CN(C)CCN(Cc1ccco1)S(=O)(=O)c1cccnc1. The van der Waals surface area contributed by atoms with Crippen LogP contribution in [0.5, 0.6) is 0 Å². The Balaban J connectivity index is 2.25. The molecular formula is C14H19N3O3S. The van der Waals surface area contributed by atoms with Crippen LogP contribution in [0.4, 0.5) is 0 Å². The fourth-order valence-electron chi connectivity index (χ4n) is 1.82. The number of likely N-dealkylation sites (N-methyl/N-ethyl adjacent to an activating group) is 1. The minimum Gasteiger partial charge on any atom is -0.468 e. The van der Waals surface area contributed by atoms with E-state index in [1.165, 1.54) is 16.8 Å². The van der Waals surface area contributed by atoms with Crippen LogP contribution in [0.1, 0.15) is 5.76 Å². The molecule has 2 aromatic rings. The summed E-state index contributed by atoms with van der Waals surface area (Å²) in [7, 11) is 0.220. The highest BCUT2D eigenvalue weighted by molar-refractivity contribution is 7.89. The highest BCUT2D eigenvalue weighted by Crippen LogP contribution is 2.17. The maximum atomic E-state index is 12.7. The maximum Gasteiger partial charge on any atom is 0.245 e. The van der Waals surface area contributed by atoms with Gasteiger partial charge in [-0.25, -0.2) is 8.42 Å². The molecule has 21 heavy (non-hydrogen) atoms. The summed E-state index contributed by atoms with van der Waals surface area (Å²) in [4.78, 5) is 6.01. The predicted molar refractivity (Wildman–Crippen MR) is 79.1 cm³/mol. The quantitative estimate of drug-likeness (QED) is 0.774. The van der Waals surface area contributed by atoms with Gasteiger partial charge in [0.1, 0.15) is 10.7 Å². The van der Waals surface area contributed by atoms with E-state index in [1.54, 1.807) is 30.5 Å². The van der Waals surface area contributed by atoms with Crippen molar-refractivity contribution in [2.75, 3.05) is 27.2 Å². The molecule has 0 spiro atoms. The molecule has 0 saturated carbocycles. The van der Waals surface area contributed by atoms with Crippen LogP contribution in [-0.4, -0.2) is 49.8 Å². The lowest BCUT2D eigenvalue weighted by Crippen LogP contribution is -2.36. The number of furan rings is 1. The fourth-order valence-corrected chi connectivity index (χ4v) is 3.18. The van der Waals surface area contributed by atoms with Crippen molar-refractivity contribution in [2.24, 2.45) is 0 Å². The zero-order valence-electron chi connectivity index (χ0n) is 12.1. The zero-order chi connectivity index (χ0) is 15.3. The highest BCUT2D eigenvalue weighted by atomic mass is 32.2. The number of hydrogen-bond acceptors (Lipinski definition) is 5. The molecule has 114 valence electrons. The van der Waals surface area contributed by atoms with E-state index in [2.05, 4.69) is 4.98 Å². The van der Waals surface area contributed by atoms with Gasteiger partial charge in [0.25, 0.3) is 0 Å². The molecule has 0 radical (unpaired) electrons. The van der Waals surface area contributed by atoms with Crippen molar-refractivity contribution in [3.05, 3.63) is 48.7 Å². The maximum absolute atomic E-state index is 12.7. The van der Waals surface area contributed by atoms with Crippen LogP contribution in [0.3, 0.4) is 0 Å². The molecule has 7 heteroatoms. The van der Waals surface area contributed by atoms with Gasteiger partial charge in [-0.15, -0.1) is 0 Å². The monoisotopic (exact) mass is 309 g/mol. The molecular weight excluding hydrogens is 290 g/mol. The van der Waals surface area contributed by atoms with Crippen LogP contribution in [0.15, 0.2) is 52.2 Å². The molecule has 2 heterocycles. The third-order valence-corrected chi connectivity index (χ3v) is 4.81. The van der Waals surface area contributed by atoms with Crippen molar-refractivity contribution in [1.82, 2.24) is 14.2 Å². The molecule has 2 aromatic heterocycles. The minimum absolute atomic E-state index is 0.190. The fraction of sp³-hybridized carbons (Fsp3) is 0.357. The summed E-state index contributed by atoms with van der Waals surface area (Å²) in [5, 5.41) is 0. The average Bonchev–Trinajstić information content (AvgIpc) is 2.97. The topological polar surface area (TPSA) is 66.7 Å². The first-order chi connectivity index (χ1) is 10.00. The van der Waals surface area contributed by atoms with E-state index >= 15 is 0 Å². The molecule has 0 aliphatic rings. The van der Waals surface area contributed by atoms with E-state index in [-0.39, 0.29) is 11.4 Å². The third kappa shape index (κ3) is 4.13. The van der Waals surface area contributed by atoms with E-state index in [9.17, 15) is 8.42 Å². The van der Waals surface area contributed by atoms with Gasteiger partial charge in [-0.3, -0.25) is 4.98 Å². The second kappa shape index (κ2) is 6.84. The summed E-state index contributed by atoms with van der Waals surface area (Å²) in [5.74, 6) is 0.612. The smallest absolute Gasteiger partial charge is 0.245 e. The molecule has 6 nitrogen and oxygen atoms in total. The third-order valence-electron chi connectivity index (χ3n) is 2.98. The van der Waals surface area contributed by atoms with Crippen molar-refractivity contribution in [2.45, 2.75) is 11.4 Å². The Morgan fingerprint density at radius 3 is 2.57 bits per heavy atom. The first-order valence-corrected chi connectivity index (χ1v) is 8.01. The highest BCUT2D eigenvalue weighted by Gasteiger charge is 2.25. The van der Waals surface area contributed by atoms with Crippen LogP contribution in [0.25, 0.3) is 0 Å². The number of aromatic nitrogens is 1. The van der Waals surface area contributed by atoms with E-state index in [4.69, 9.17) is 4.42 Å². The van der Waals surface area contributed by atoms with Crippen LogP contribution < -0.4 is 0 Å². The molecule has 0 saturated heterocycles. The van der Waals surface area contributed by atoms with E-state index in [1.807, 2.05) is 19.0 Å². The van der Waals surface area contributed by atoms with Gasteiger partial charge >= 0.3 is 0 Å². The molecule has 0 N–H and O–H groups in total. The van der Waals surface area contributed by atoms with Crippen LogP contribution in [0, 0.1) is 0 Å². The van der Waals surface area contributed by atoms with Gasteiger partial charge in [0.2, 0.25) is 10.0 Å².